The Morgan fingerprint density at radius 3 is 3.00 bits per heavy atom. The molecule has 0 spiro atoms. The van der Waals surface area contributed by atoms with Gasteiger partial charge < -0.3 is 18.9 Å². The van der Waals surface area contributed by atoms with E-state index < -0.39 is 17.9 Å². The van der Waals surface area contributed by atoms with E-state index in [2.05, 4.69) is 16.7 Å². The lowest BCUT2D eigenvalue weighted by atomic mass is 10.1. The average Bonchev–Trinajstić information content (AvgIpc) is 3.43. The van der Waals surface area contributed by atoms with E-state index in [0.717, 1.165) is 5.56 Å². The number of hydrogen-bond acceptors (Lipinski definition) is 7. The number of aryl methyl sites for hydroxylation is 1. The van der Waals surface area contributed by atoms with Crippen LogP contribution in [0, 0.1) is 11.3 Å². The molecule has 4 rings (SSSR count). The van der Waals surface area contributed by atoms with Gasteiger partial charge in [0.15, 0.2) is 5.58 Å². The number of nitriles is 1. The number of hydrogen-bond donors (Lipinski definition) is 2. The summed E-state index contributed by atoms with van der Waals surface area (Å²) in [6.45, 7) is 0.747. The molecule has 3 aromatic rings. The minimum absolute atomic E-state index is 0.231. The van der Waals surface area contributed by atoms with Gasteiger partial charge in [-0.15, -0.1) is 0 Å². The van der Waals surface area contributed by atoms with Crippen molar-refractivity contribution in [2.45, 2.75) is 18.6 Å². The highest BCUT2D eigenvalue weighted by Crippen LogP contribution is 2.26. The Bertz CT molecular complexity index is 1110. The van der Waals surface area contributed by atoms with Crippen LogP contribution in [0.5, 0.6) is 0 Å². The molecule has 0 saturated carbocycles. The van der Waals surface area contributed by atoms with E-state index in [1.807, 2.05) is 0 Å². The van der Waals surface area contributed by atoms with Crippen LogP contribution in [-0.2, 0) is 23.0 Å². The Hall–Kier alpha value is -3.35. The van der Waals surface area contributed by atoms with Crippen LogP contribution in [0.25, 0.3) is 22.4 Å². The molecule has 9 heteroatoms. The van der Waals surface area contributed by atoms with Crippen LogP contribution < -0.4 is 16.4 Å². The zero-order valence-electron chi connectivity index (χ0n) is 15.1. The molecule has 1 aromatic carbocycles. The lowest BCUT2D eigenvalue weighted by Gasteiger charge is -2.13. The summed E-state index contributed by atoms with van der Waals surface area (Å²) in [7, 11) is 1.63. The minimum Gasteiger partial charge on any atom is -0.461 e. The number of nitrogens with zero attached hydrogens (tertiary/aromatic N) is 2. The molecule has 144 valence electrons. The van der Waals surface area contributed by atoms with E-state index in [0.29, 0.717) is 35.9 Å². The first-order valence-electron chi connectivity index (χ1n) is 8.76. The molecule has 2 aromatic heterocycles. The number of ether oxygens (including phenoxy) is 1. The third-order valence-corrected chi connectivity index (χ3v) is 4.62. The zero-order valence-corrected chi connectivity index (χ0v) is 15.1. The fourth-order valence-corrected chi connectivity index (χ4v) is 3.09. The summed E-state index contributed by atoms with van der Waals surface area (Å²) in [6.07, 6.45) is -0.356. The molecule has 0 unspecified atom stereocenters. The normalized spacial score (nSPS) is 17.5. The quantitative estimate of drug-likeness (QED) is 0.672. The molecule has 1 aliphatic rings. The molecule has 1 aliphatic heterocycles. The van der Waals surface area contributed by atoms with Crippen molar-refractivity contribution < 1.29 is 18.4 Å². The van der Waals surface area contributed by atoms with Gasteiger partial charge in [0.2, 0.25) is 0 Å². The van der Waals surface area contributed by atoms with Gasteiger partial charge in [-0.2, -0.15) is 5.26 Å². The number of rotatable bonds is 5. The van der Waals surface area contributed by atoms with Gasteiger partial charge in [-0.25, -0.2) is 4.79 Å². The van der Waals surface area contributed by atoms with Crippen molar-refractivity contribution in [2.75, 3.05) is 13.3 Å². The molecule has 0 radical (unpaired) electrons. The van der Waals surface area contributed by atoms with Crippen molar-refractivity contribution in [3.05, 3.63) is 46.6 Å². The van der Waals surface area contributed by atoms with Crippen LogP contribution in [0.4, 0.5) is 0 Å². The number of carbonyl (C=O) groups excluding carboxylic acids is 1. The standard InChI is InChI=1S/C19H18N4O5/c1-23-14-6-11(2-4-16(14)28-19(23)25)15-5-3-13(27-15)7-12(8-20)22-18(24)17-9-21-10-26-17/h2-6,12,17,21H,7,9-10H2,1H3,(H,22,24)/t12-,17-/m0/s1. The molecule has 1 fully saturated rings. The predicted octanol–water partition coefficient (Wildman–Crippen LogP) is 0.888. The number of nitrogens with one attached hydrogen (secondary N) is 2. The van der Waals surface area contributed by atoms with Crippen LogP contribution in [0.15, 0.2) is 44.0 Å². The van der Waals surface area contributed by atoms with Gasteiger partial charge in [-0.05, 0) is 30.3 Å². The molecule has 28 heavy (non-hydrogen) atoms. The summed E-state index contributed by atoms with van der Waals surface area (Å²) in [4.78, 5) is 23.7. The maximum absolute atomic E-state index is 12.1. The number of amides is 1. The first-order valence-corrected chi connectivity index (χ1v) is 8.76. The predicted molar refractivity (Wildman–Crippen MR) is 98.1 cm³/mol. The van der Waals surface area contributed by atoms with Crippen molar-refractivity contribution in [3.8, 4) is 17.4 Å². The first kappa shape index (κ1) is 18.0. The molecule has 2 N–H and O–H groups in total. The highest BCUT2D eigenvalue weighted by molar-refractivity contribution is 5.82. The van der Waals surface area contributed by atoms with Gasteiger partial charge in [0.05, 0.1) is 18.3 Å². The van der Waals surface area contributed by atoms with Crippen LogP contribution in [-0.4, -0.2) is 35.9 Å². The van der Waals surface area contributed by atoms with Gasteiger partial charge in [-0.3, -0.25) is 14.7 Å². The molecule has 2 atom stereocenters. The summed E-state index contributed by atoms with van der Waals surface area (Å²) >= 11 is 0. The number of carbonyl (C=O) groups is 1. The van der Waals surface area contributed by atoms with Crippen LogP contribution in [0.1, 0.15) is 5.76 Å². The Morgan fingerprint density at radius 1 is 1.39 bits per heavy atom. The second kappa shape index (κ2) is 7.34. The van der Waals surface area contributed by atoms with E-state index in [9.17, 15) is 14.9 Å². The van der Waals surface area contributed by atoms with Crippen molar-refractivity contribution in [1.29, 1.82) is 5.26 Å². The van der Waals surface area contributed by atoms with Crippen LogP contribution >= 0.6 is 0 Å². The van der Waals surface area contributed by atoms with E-state index in [4.69, 9.17) is 13.6 Å². The summed E-state index contributed by atoms with van der Waals surface area (Å²) in [5, 5.41) is 14.9. The van der Waals surface area contributed by atoms with E-state index in [1.54, 1.807) is 37.4 Å². The highest BCUT2D eigenvalue weighted by Gasteiger charge is 2.26. The molecule has 1 amide bonds. The number of furan rings is 1. The average molecular weight is 382 g/mol. The number of aromatic nitrogens is 1. The van der Waals surface area contributed by atoms with Gasteiger partial charge in [0.1, 0.15) is 23.7 Å². The maximum Gasteiger partial charge on any atom is 0.419 e. The van der Waals surface area contributed by atoms with Gasteiger partial charge >= 0.3 is 5.76 Å². The fraction of sp³-hybridized carbons (Fsp3) is 0.316. The minimum atomic E-state index is -0.729. The smallest absolute Gasteiger partial charge is 0.419 e. The first-order chi connectivity index (χ1) is 13.5. The third kappa shape index (κ3) is 3.43. The Morgan fingerprint density at radius 2 is 2.25 bits per heavy atom. The van der Waals surface area contributed by atoms with Crippen LogP contribution in [0.3, 0.4) is 0 Å². The molecule has 1 saturated heterocycles. The Kier molecular flexibility index (Phi) is 4.73. The van der Waals surface area contributed by atoms with Crippen molar-refractivity contribution in [2.24, 2.45) is 7.05 Å². The van der Waals surface area contributed by atoms with Gasteiger partial charge in [0, 0.05) is 25.6 Å². The molecule has 0 aliphatic carbocycles. The molecule has 3 heterocycles. The third-order valence-electron chi connectivity index (χ3n) is 4.62. The fourth-order valence-electron chi connectivity index (χ4n) is 3.09. The summed E-state index contributed by atoms with van der Waals surface area (Å²) in [6, 6.07) is 10.2. The molecule has 9 nitrogen and oxygen atoms in total. The maximum atomic E-state index is 12.1. The second-order valence-electron chi connectivity index (χ2n) is 6.52. The molecular formula is C19H18N4O5. The topological polar surface area (TPSA) is 122 Å². The largest absolute Gasteiger partial charge is 0.461 e. The number of fused-ring (bicyclic) bond motifs is 1. The molecule has 0 bridgehead atoms. The van der Waals surface area contributed by atoms with E-state index >= 15 is 0 Å². The SMILES string of the molecule is Cn1c(=O)oc2ccc(-c3ccc(C[C@@H](C#N)NC(=O)[C@@H]4CNCO4)o3)cc21. The number of benzene rings is 1. The Balaban J connectivity index is 1.49. The van der Waals surface area contributed by atoms with E-state index in [-0.39, 0.29) is 12.3 Å². The Labute approximate surface area is 159 Å². The van der Waals surface area contributed by atoms with Crippen molar-refractivity contribution >= 4 is 17.0 Å². The van der Waals surface area contributed by atoms with Gasteiger partial charge in [0.25, 0.3) is 5.91 Å². The molecular weight excluding hydrogens is 364 g/mol. The summed E-state index contributed by atoms with van der Waals surface area (Å²) in [5.41, 5.74) is 1.94. The zero-order chi connectivity index (χ0) is 19.7. The highest BCUT2D eigenvalue weighted by atomic mass is 16.5. The van der Waals surface area contributed by atoms with Crippen molar-refractivity contribution in [3.63, 3.8) is 0 Å². The summed E-state index contributed by atoms with van der Waals surface area (Å²) in [5.74, 6) is 0.404. The van der Waals surface area contributed by atoms with Crippen LogP contribution in [0.2, 0.25) is 0 Å². The summed E-state index contributed by atoms with van der Waals surface area (Å²) < 4.78 is 17.6. The van der Waals surface area contributed by atoms with Crippen molar-refractivity contribution in [1.82, 2.24) is 15.2 Å². The number of oxazole rings is 1. The lowest BCUT2D eigenvalue weighted by molar-refractivity contribution is -0.129. The van der Waals surface area contributed by atoms with Gasteiger partial charge in [-0.1, -0.05) is 0 Å². The monoisotopic (exact) mass is 382 g/mol. The lowest BCUT2D eigenvalue weighted by Crippen LogP contribution is -2.43. The van der Waals surface area contributed by atoms with E-state index in [1.165, 1.54) is 4.57 Å². The second-order valence-corrected chi connectivity index (χ2v) is 6.52.